The van der Waals surface area contributed by atoms with Crippen LogP contribution in [-0.4, -0.2) is 6.04 Å². The Balaban J connectivity index is 2.16. The van der Waals surface area contributed by atoms with E-state index in [1.165, 1.54) is 17.7 Å². The fourth-order valence-electron chi connectivity index (χ4n) is 1.44. The van der Waals surface area contributed by atoms with Crippen LogP contribution in [0.15, 0.2) is 17.5 Å². The molecule has 2 heteroatoms. The van der Waals surface area contributed by atoms with Gasteiger partial charge in [0.25, 0.3) is 0 Å². The highest BCUT2D eigenvalue weighted by molar-refractivity contribution is 7.09. The van der Waals surface area contributed by atoms with Crippen molar-refractivity contribution in [3.63, 3.8) is 0 Å². The lowest BCUT2D eigenvalue weighted by molar-refractivity contribution is 0.336. The third-order valence-corrected chi connectivity index (χ3v) is 3.41. The lowest BCUT2D eigenvalue weighted by atomic mass is 9.89. The zero-order chi connectivity index (χ0) is 11.3. The molecule has 0 saturated heterocycles. The van der Waals surface area contributed by atoms with Crippen molar-refractivity contribution in [1.82, 2.24) is 5.32 Å². The highest BCUT2D eigenvalue weighted by atomic mass is 32.1. The first-order chi connectivity index (χ1) is 6.97. The quantitative estimate of drug-likeness (QED) is 0.797. The molecule has 0 fully saturated rings. The molecule has 0 aliphatic heterocycles. The molecule has 0 aliphatic rings. The van der Waals surface area contributed by atoms with E-state index in [9.17, 15) is 0 Å². The third-order valence-electron chi connectivity index (χ3n) is 2.53. The molecule has 0 amide bonds. The van der Waals surface area contributed by atoms with Gasteiger partial charge in [0.2, 0.25) is 0 Å². The molecule has 0 aromatic carbocycles. The van der Waals surface area contributed by atoms with Crippen LogP contribution >= 0.6 is 11.3 Å². The number of thiophene rings is 1. The average Bonchev–Trinajstić information content (AvgIpc) is 2.62. The zero-order valence-corrected chi connectivity index (χ0v) is 11.2. The van der Waals surface area contributed by atoms with Crippen LogP contribution in [0.1, 0.15) is 45.4 Å². The maximum Gasteiger partial charge on any atom is 0.0302 e. The van der Waals surface area contributed by atoms with Crippen LogP contribution < -0.4 is 5.32 Å². The Morgan fingerprint density at radius 3 is 2.67 bits per heavy atom. The van der Waals surface area contributed by atoms with Crippen LogP contribution in [0.25, 0.3) is 0 Å². The van der Waals surface area contributed by atoms with E-state index in [0.717, 1.165) is 6.54 Å². The second kappa shape index (κ2) is 5.66. The number of hydrogen-bond donors (Lipinski definition) is 1. The third kappa shape index (κ3) is 5.95. The normalized spacial score (nSPS) is 14.1. The van der Waals surface area contributed by atoms with Crippen LogP contribution in [0.3, 0.4) is 0 Å². The van der Waals surface area contributed by atoms with E-state index < -0.39 is 0 Å². The molecule has 0 aliphatic carbocycles. The summed E-state index contributed by atoms with van der Waals surface area (Å²) in [6.45, 7) is 10.2. The fourth-order valence-corrected chi connectivity index (χ4v) is 2.10. The van der Waals surface area contributed by atoms with Crippen molar-refractivity contribution in [3.8, 4) is 0 Å². The zero-order valence-electron chi connectivity index (χ0n) is 10.3. The van der Waals surface area contributed by atoms with Crippen LogP contribution in [0.2, 0.25) is 0 Å². The van der Waals surface area contributed by atoms with Crippen LogP contribution in [-0.2, 0) is 6.54 Å². The van der Waals surface area contributed by atoms with Crippen LogP contribution in [0.5, 0.6) is 0 Å². The summed E-state index contributed by atoms with van der Waals surface area (Å²) < 4.78 is 0. The van der Waals surface area contributed by atoms with Crippen LogP contribution in [0, 0.1) is 5.41 Å². The first kappa shape index (κ1) is 12.7. The molecule has 0 bridgehead atoms. The molecular formula is C13H23NS. The summed E-state index contributed by atoms with van der Waals surface area (Å²) in [6.07, 6.45) is 2.54. The summed E-state index contributed by atoms with van der Waals surface area (Å²) in [4.78, 5) is 1.43. The maximum absolute atomic E-state index is 3.57. The first-order valence-corrected chi connectivity index (χ1v) is 6.61. The van der Waals surface area contributed by atoms with E-state index in [4.69, 9.17) is 0 Å². The summed E-state index contributed by atoms with van der Waals surface area (Å²) in [5.41, 5.74) is 0.457. The van der Waals surface area contributed by atoms with Gasteiger partial charge >= 0.3 is 0 Å². The molecule has 1 rings (SSSR count). The second-order valence-corrected chi connectivity index (χ2v) is 6.49. The average molecular weight is 225 g/mol. The predicted molar refractivity (Wildman–Crippen MR) is 69.3 cm³/mol. The Morgan fingerprint density at radius 2 is 2.13 bits per heavy atom. The molecule has 0 saturated carbocycles. The molecular weight excluding hydrogens is 202 g/mol. The Morgan fingerprint density at radius 1 is 1.40 bits per heavy atom. The van der Waals surface area contributed by atoms with Gasteiger partial charge in [-0.25, -0.2) is 0 Å². The van der Waals surface area contributed by atoms with Crippen molar-refractivity contribution in [2.75, 3.05) is 0 Å². The van der Waals surface area contributed by atoms with E-state index in [1.807, 2.05) is 11.3 Å². The summed E-state index contributed by atoms with van der Waals surface area (Å²) in [5, 5.41) is 5.70. The van der Waals surface area contributed by atoms with Gasteiger partial charge in [-0.2, -0.15) is 0 Å². The monoisotopic (exact) mass is 225 g/mol. The molecule has 15 heavy (non-hydrogen) atoms. The highest BCUT2D eigenvalue weighted by Crippen LogP contribution is 2.21. The van der Waals surface area contributed by atoms with Gasteiger partial charge < -0.3 is 5.32 Å². The molecule has 1 nitrogen and oxygen atoms in total. The molecule has 0 spiro atoms. The van der Waals surface area contributed by atoms with Gasteiger partial charge in [-0.05, 0) is 36.6 Å². The largest absolute Gasteiger partial charge is 0.309 e. The Hall–Kier alpha value is -0.340. The maximum atomic E-state index is 3.57. The summed E-state index contributed by atoms with van der Waals surface area (Å²) in [5.74, 6) is 0. The van der Waals surface area contributed by atoms with E-state index >= 15 is 0 Å². The molecule has 1 unspecified atom stereocenters. The number of nitrogens with one attached hydrogen (secondary N) is 1. The summed E-state index contributed by atoms with van der Waals surface area (Å²) >= 11 is 1.83. The van der Waals surface area contributed by atoms with Gasteiger partial charge in [-0.1, -0.05) is 26.8 Å². The van der Waals surface area contributed by atoms with Crippen molar-refractivity contribution in [2.45, 2.75) is 53.1 Å². The fraction of sp³-hybridized carbons (Fsp3) is 0.692. The van der Waals surface area contributed by atoms with Gasteiger partial charge in [0, 0.05) is 17.5 Å². The first-order valence-electron chi connectivity index (χ1n) is 5.73. The molecule has 86 valence electrons. The van der Waals surface area contributed by atoms with Gasteiger partial charge in [-0.3, -0.25) is 0 Å². The molecule has 1 aromatic rings. The molecule has 1 atom stereocenters. The van der Waals surface area contributed by atoms with Crippen LogP contribution in [0.4, 0.5) is 0 Å². The van der Waals surface area contributed by atoms with Gasteiger partial charge in [0.1, 0.15) is 0 Å². The highest BCUT2D eigenvalue weighted by Gasteiger charge is 2.12. The minimum Gasteiger partial charge on any atom is -0.309 e. The summed E-state index contributed by atoms with van der Waals surface area (Å²) in [6, 6.07) is 4.92. The lowest BCUT2D eigenvalue weighted by Crippen LogP contribution is -2.26. The van der Waals surface area contributed by atoms with Gasteiger partial charge in [-0.15, -0.1) is 11.3 Å². The van der Waals surface area contributed by atoms with Crippen molar-refractivity contribution < 1.29 is 0 Å². The molecule has 1 N–H and O–H groups in total. The lowest BCUT2D eigenvalue weighted by Gasteiger charge is -2.21. The van der Waals surface area contributed by atoms with E-state index in [-0.39, 0.29) is 0 Å². The topological polar surface area (TPSA) is 12.0 Å². The van der Waals surface area contributed by atoms with Gasteiger partial charge in [0.15, 0.2) is 0 Å². The minimum absolute atomic E-state index is 0.457. The SMILES string of the molecule is CC(CCC(C)(C)C)NCc1cccs1. The number of hydrogen-bond acceptors (Lipinski definition) is 2. The summed E-state index contributed by atoms with van der Waals surface area (Å²) in [7, 11) is 0. The molecule has 0 radical (unpaired) electrons. The molecule has 1 heterocycles. The standard InChI is InChI=1S/C13H23NS/c1-11(7-8-13(2,3)4)14-10-12-6-5-9-15-12/h5-6,9,11,14H,7-8,10H2,1-4H3. The van der Waals surface area contributed by atoms with E-state index in [0.29, 0.717) is 11.5 Å². The van der Waals surface area contributed by atoms with Crippen molar-refractivity contribution in [1.29, 1.82) is 0 Å². The Bertz CT molecular complexity index is 259. The van der Waals surface area contributed by atoms with E-state index in [2.05, 4.69) is 50.5 Å². The van der Waals surface area contributed by atoms with Crippen molar-refractivity contribution in [3.05, 3.63) is 22.4 Å². The second-order valence-electron chi connectivity index (χ2n) is 5.46. The Labute approximate surface area is 97.9 Å². The van der Waals surface area contributed by atoms with Gasteiger partial charge in [0.05, 0.1) is 0 Å². The smallest absolute Gasteiger partial charge is 0.0302 e. The minimum atomic E-state index is 0.457. The van der Waals surface area contributed by atoms with Crippen molar-refractivity contribution in [2.24, 2.45) is 5.41 Å². The predicted octanol–water partition coefficient (Wildman–Crippen LogP) is 4.05. The Kier molecular flexibility index (Phi) is 4.81. The molecule has 1 aromatic heterocycles. The van der Waals surface area contributed by atoms with Crippen molar-refractivity contribution >= 4 is 11.3 Å². The number of rotatable bonds is 5. The van der Waals surface area contributed by atoms with E-state index in [1.54, 1.807) is 0 Å².